The summed E-state index contributed by atoms with van der Waals surface area (Å²) in [5, 5.41) is 12.3. The van der Waals surface area contributed by atoms with E-state index in [-0.39, 0.29) is 31.2 Å². The topological polar surface area (TPSA) is 163 Å². The molecule has 2 aromatic heterocycles. The Balaban J connectivity index is 1.77. The summed E-state index contributed by atoms with van der Waals surface area (Å²) in [6.07, 6.45) is 0.309. The van der Waals surface area contributed by atoms with Gasteiger partial charge in [0.1, 0.15) is 10.3 Å². The Morgan fingerprint density at radius 3 is 2.61 bits per heavy atom. The number of carbonyl (C=O) groups is 2. The number of thiophene rings is 1. The molecule has 1 unspecified atom stereocenters. The summed E-state index contributed by atoms with van der Waals surface area (Å²) in [6.45, 7) is -0.306. The molecule has 0 aliphatic carbocycles. The van der Waals surface area contributed by atoms with Crippen molar-refractivity contribution in [3.8, 4) is 10.4 Å². The van der Waals surface area contributed by atoms with Crippen LogP contribution in [0.4, 0.5) is 0 Å². The molecule has 3 N–H and O–H groups in total. The Hall–Kier alpha value is -2.78. The summed E-state index contributed by atoms with van der Waals surface area (Å²) in [5.74, 6) is -1.56. The number of furan rings is 1. The molecule has 1 saturated heterocycles. The van der Waals surface area contributed by atoms with Crippen molar-refractivity contribution in [2.45, 2.75) is 17.6 Å². The van der Waals surface area contributed by atoms with Gasteiger partial charge in [0.2, 0.25) is 15.9 Å². The van der Waals surface area contributed by atoms with E-state index in [1.54, 1.807) is 36.4 Å². The lowest BCUT2D eigenvalue weighted by molar-refractivity contribution is -0.129. The Kier molecular flexibility index (Phi) is 7.00. The number of amides is 2. The van der Waals surface area contributed by atoms with E-state index in [9.17, 15) is 26.4 Å². The zero-order valence-electron chi connectivity index (χ0n) is 19.5. The van der Waals surface area contributed by atoms with E-state index in [2.05, 4.69) is 5.32 Å². The number of nitrogens with zero attached hydrogens (tertiary/aromatic N) is 1. The van der Waals surface area contributed by atoms with Crippen molar-refractivity contribution in [3.05, 3.63) is 47.0 Å². The van der Waals surface area contributed by atoms with E-state index in [0.717, 1.165) is 16.1 Å². The number of rotatable bonds is 6. The molecular formula is C22H25N3O8S3. The van der Waals surface area contributed by atoms with Crippen molar-refractivity contribution in [2.24, 2.45) is 0 Å². The first-order valence-electron chi connectivity index (χ1n) is 10.9. The summed E-state index contributed by atoms with van der Waals surface area (Å²) in [4.78, 5) is 25.2. The molecule has 1 aliphatic rings. The lowest BCUT2D eigenvalue weighted by Crippen LogP contribution is -2.41. The minimum atomic E-state index is -4.01. The molecule has 3 aromatic rings. The van der Waals surface area contributed by atoms with E-state index in [4.69, 9.17) is 9.62 Å². The van der Waals surface area contributed by atoms with Gasteiger partial charge in [-0.1, -0.05) is 0 Å². The van der Waals surface area contributed by atoms with Crippen molar-refractivity contribution in [3.63, 3.8) is 0 Å². The fourth-order valence-corrected chi connectivity index (χ4v) is 8.91. The molecule has 194 valence electrons. The highest BCUT2D eigenvalue weighted by Crippen LogP contribution is 2.45. The Bertz CT molecular complexity index is 1540. The monoisotopic (exact) mass is 555 g/mol. The molecule has 1 atom stereocenters. The zero-order chi connectivity index (χ0) is 26.3. The van der Waals surface area contributed by atoms with Crippen molar-refractivity contribution in [1.29, 1.82) is 0 Å². The van der Waals surface area contributed by atoms with Crippen LogP contribution in [0.1, 0.15) is 28.3 Å². The van der Waals surface area contributed by atoms with Crippen LogP contribution >= 0.6 is 11.3 Å². The minimum Gasteiger partial charge on any atom is -0.451 e. The van der Waals surface area contributed by atoms with Crippen LogP contribution in [0.3, 0.4) is 0 Å². The van der Waals surface area contributed by atoms with Crippen LogP contribution in [0, 0.1) is 0 Å². The molecule has 3 heterocycles. The molecule has 1 aromatic carbocycles. The highest BCUT2D eigenvalue weighted by atomic mass is 32.2. The maximum atomic E-state index is 13.5. The maximum Gasteiger partial charge on any atom is 0.286 e. The van der Waals surface area contributed by atoms with Gasteiger partial charge in [0.25, 0.3) is 5.91 Å². The number of benzene rings is 1. The van der Waals surface area contributed by atoms with Gasteiger partial charge in [-0.05, 0) is 48.4 Å². The van der Waals surface area contributed by atoms with Crippen molar-refractivity contribution < 1.29 is 36.0 Å². The first-order valence-corrected chi connectivity index (χ1v) is 15.2. The predicted octanol–water partition coefficient (Wildman–Crippen LogP) is 1.69. The van der Waals surface area contributed by atoms with Crippen molar-refractivity contribution >= 4 is 54.0 Å². The maximum absolute atomic E-state index is 13.5. The largest absolute Gasteiger partial charge is 0.451 e. The number of carbonyl (C=O) groups excluding carboxylic acids is 2. The second kappa shape index (κ2) is 9.59. The molecule has 0 bridgehead atoms. The molecule has 0 saturated carbocycles. The molecule has 0 spiro atoms. The molecule has 14 heteroatoms. The zero-order valence-corrected chi connectivity index (χ0v) is 21.9. The number of sulfonamides is 1. The number of sulfone groups is 1. The molecule has 1 aliphatic heterocycles. The fraction of sp³-hybridized carbons (Fsp3) is 0.364. The Morgan fingerprint density at radius 1 is 1.19 bits per heavy atom. The minimum absolute atomic E-state index is 0.0900. The van der Waals surface area contributed by atoms with Crippen LogP contribution in [-0.4, -0.2) is 70.3 Å². The van der Waals surface area contributed by atoms with E-state index in [0.29, 0.717) is 20.7 Å². The third-order valence-electron chi connectivity index (χ3n) is 6.32. The van der Waals surface area contributed by atoms with E-state index >= 15 is 0 Å². The van der Waals surface area contributed by atoms with Gasteiger partial charge in [0.15, 0.2) is 15.6 Å². The Labute approximate surface area is 212 Å². The summed E-state index contributed by atoms with van der Waals surface area (Å²) in [5.41, 5.74) is 2.76. The van der Waals surface area contributed by atoms with Gasteiger partial charge in [-0.2, -0.15) is 0 Å². The van der Waals surface area contributed by atoms with Crippen LogP contribution in [0.5, 0.6) is 0 Å². The third-order valence-corrected chi connectivity index (χ3v) is 11.6. The molecule has 0 radical (unpaired) electrons. The van der Waals surface area contributed by atoms with Crippen molar-refractivity contribution in [1.82, 2.24) is 15.1 Å². The first kappa shape index (κ1) is 26.3. The van der Waals surface area contributed by atoms with Gasteiger partial charge in [-0.25, -0.2) is 26.6 Å². The highest BCUT2D eigenvalue weighted by molar-refractivity contribution is 7.92. The Morgan fingerprint density at radius 2 is 1.94 bits per heavy atom. The van der Waals surface area contributed by atoms with Gasteiger partial charge >= 0.3 is 0 Å². The SMILES string of the molecule is CNC(=O)c1cc2cc(-c3ccc(C4(CC(=O)NO)CCN(S(C)(=O)=O)CCS4(=O)=O)s3)ccc2o1. The van der Waals surface area contributed by atoms with E-state index in [1.165, 1.54) is 23.9 Å². The third kappa shape index (κ3) is 4.78. The first-order chi connectivity index (χ1) is 16.9. The number of hydroxylamine groups is 1. The molecule has 4 rings (SSSR count). The van der Waals surface area contributed by atoms with Gasteiger partial charge in [-0.3, -0.25) is 14.8 Å². The number of hydrogen-bond acceptors (Lipinski definition) is 9. The fourth-order valence-electron chi connectivity index (χ4n) is 4.35. The van der Waals surface area contributed by atoms with Gasteiger partial charge in [0.05, 0.1) is 18.4 Å². The average molecular weight is 556 g/mol. The molecule has 36 heavy (non-hydrogen) atoms. The lowest BCUT2D eigenvalue weighted by atomic mass is 9.97. The molecular weight excluding hydrogens is 530 g/mol. The van der Waals surface area contributed by atoms with Crippen molar-refractivity contribution in [2.75, 3.05) is 32.1 Å². The standard InChI is InChI=1S/C22H25N3O8S3/c1-23-21(27)17-12-15-11-14(3-4-16(15)33-17)18-5-6-19(34-18)22(13-20(26)24-28)7-8-25(35(2,29)30)9-10-36(22,31)32/h3-6,11-12,28H,7-10,13H2,1-2H3,(H,23,27)(H,24,26). The average Bonchev–Trinajstić information content (AvgIpc) is 3.45. The predicted molar refractivity (Wildman–Crippen MR) is 134 cm³/mol. The van der Waals surface area contributed by atoms with E-state index in [1.807, 2.05) is 0 Å². The number of hydrogen-bond donors (Lipinski definition) is 3. The van der Waals surface area contributed by atoms with E-state index < -0.39 is 42.7 Å². The molecule has 2 amide bonds. The quantitative estimate of drug-likeness (QED) is 0.306. The molecule has 1 fully saturated rings. The van der Waals surface area contributed by atoms with Crippen LogP contribution in [0.2, 0.25) is 0 Å². The summed E-state index contributed by atoms with van der Waals surface area (Å²) in [6, 6.07) is 10.2. The second-order valence-corrected chi connectivity index (χ2v) is 14.0. The second-order valence-electron chi connectivity index (χ2n) is 8.54. The summed E-state index contributed by atoms with van der Waals surface area (Å²) < 4.78 is 56.2. The number of fused-ring (bicyclic) bond motifs is 1. The normalized spacial score (nSPS) is 20.6. The van der Waals surface area contributed by atoms with Gasteiger partial charge < -0.3 is 9.73 Å². The summed E-state index contributed by atoms with van der Waals surface area (Å²) >= 11 is 1.17. The highest BCUT2D eigenvalue weighted by Gasteiger charge is 2.50. The van der Waals surface area contributed by atoms with Crippen LogP contribution in [-0.2, 0) is 29.4 Å². The number of nitrogens with one attached hydrogen (secondary N) is 2. The van der Waals surface area contributed by atoms with Crippen LogP contribution < -0.4 is 10.8 Å². The molecule has 11 nitrogen and oxygen atoms in total. The van der Waals surface area contributed by atoms with Gasteiger partial charge in [-0.15, -0.1) is 11.3 Å². The smallest absolute Gasteiger partial charge is 0.286 e. The van der Waals surface area contributed by atoms with Gasteiger partial charge in [0, 0.05) is 35.3 Å². The van der Waals surface area contributed by atoms with Crippen LogP contribution in [0.15, 0.2) is 40.8 Å². The van der Waals surface area contributed by atoms with Crippen LogP contribution in [0.25, 0.3) is 21.4 Å². The lowest BCUT2D eigenvalue weighted by Gasteiger charge is -2.30. The summed E-state index contributed by atoms with van der Waals surface area (Å²) in [7, 11) is -6.16.